The molecule has 2 aliphatic rings. The Kier molecular flexibility index (Phi) is 4.14. The van der Waals surface area contributed by atoms with Gasteiger partial charge in [0.2, 0.25) is 0 Å². The Morgan fingerprint density at radius 2 is 1.89 bits per heavy atom. The molecule has 1 aromatic carbocycles. The summed E-state index contributed by atoms with van der Waals surface area (Å²) >= 11 is 0. The molecule has 3 rings (SSSR count). The summed E-state index contributed by atoms with van der Waals surface area (Å²) in [5.41, 5.74) is 0.840. The molecule has 0 spiro atoms. The van der Waals surface area contributed by atoms with Crippen LogP contribution in [0.15, 0.2) is 24.3 Å². The lowest BCUT2D eigenvalue weighted by molar-refractivity contribution is 0.134. The van der Waals surface area contributed by atoms with E-state index in [2.05, 4.69) is 9.80 Å². The highest BCUT2D eigenvalue weighted by molar-refractivity contribution is 5.17. The Hall–Kier alpha value is -0.930. The fourth-order valence-corrected chi connectivity index (χ4v) is 3.46. The molecule has 0 N–H and O–H groups in total. The van der Waals surface area contributed by atoms with E-state index in [1.54, 1.807) is 12.1 Å². The number of nitrogens with zero attached hydrogens (tertiary/aromatic N) is 2. The van der Waals surface area contributed by atoms with Gasteiger partial charge in [0.25, 0.3) is 0 Å². The van der Waals surface area contributed by atoms with Gasteiger partial charge >= 0.3 is 0 Å². The zero-order chi connectivity index (χ0) is 13.1. The lowest BCUT2D eigenvalue weighted by atomic mass is 10.0. The smallest absolute Gasteiger partial charge is 0.127 e. The summed E-state index contributed by atoms with van der Waals surface area (Å²) in [6.07, 6.45) is 5.23. The maximum atomic E-state index is 13.7. The molecule has 2 nitrogen and oxygen atoms in total. The molecule has 2 heterocycles. The van der Waals surface area contributed by atoms with E-state index in [-0.39, 0.29) is 5.82 Å². The van der Waals surface area contributed by atoms with Crippen LogP contribution in [0.4, 0.5) is 4.39 Å². The number of halogens is 1. The zero-order valence-electron chi connectivity index (χ0n) is 11.5. The highest BCUT2D eigenvalue weighted by Crippen LogP contribution is 2.22. The first-order valence-electron chi connectivity index (χ1n) is 7.53. The van der Waals surface area contributed by atoms with Gasteiger partial charge in [0, 0.05) is 24.7 Å². The Bertz CT molecular complexity index is 421. The molecule has 0 aromatic heterocycles. The second kappa shape index (κ2) is 6.02. The Morgan fingerprint density at radius 1 is 1.05 bits per heavy atom. The summed E-state index contributed by atoms with van der Waals surface area (Å²) in [7, 11) is 0. The molecule has 1 aromatic rings. The fraction of sp³-hybridized carbons (Fsp3) is 0.625. The van der Waals surface area contributed by atoms with Crippen LogP contribution in [0.3, 0.4) is 0 Å². The summed E-state index contributed by atoms with van der Waals surface area (Å²) in [5.74, 6) is -0.0627. The van der Waals surface area contributed by atoms with Crippen LogP contribution in [0.1, 0.15) is 31.2 Å². The Labute approximate surface area is 115 Å². The van der Waals surface area contributed by atoms with Crippen LogP contribution in [0.2, 0.25) is 0 Å². The molecule has 3 heteroatoms. The van der Waals surface area contributed by atoms with Gasteiger partial charge in [-0.3, -0.25) is 9.80 Å². The van der Waals surface area contributed by atoms with Gasteiger partial charge < -0.3 is 0 Å². The maximum Gasteiger partial charge on any atom is 0.127 e. The number of piperidine rings is 1. The van der Waals surface area contributed by atoms with Crippen molar-refractivity contribution in [2.75, 3.05) is 26.2 Å². The second-order valence-corrected chi connectivity index (χ2v) is 5.87. The minimum absolute atomic E-state index is 0.0627. The summed E-state index contributed by atoms with van der Waals surface area (Å²) in [5, 5.41) is 0. The third-order valence-electron chi connectivity index (χ3n) is 4.49. The largest absolute Gasteiger partial charge is 0.299 e. The van der Waals surface area contributed by atoms with E-state index in [0.717, 1.165) is 25.2 Å². The predicted molar refractivity (Wildman–Crippen MR) is 75.5 cm³/mol. The average molecular weight is 262 g/mol. The maximum absolute atomic E-state index is 13.7. The first-order valence-corrected chi connectivity index (χ1v) is 7.53. The Morgan fingerprint density at radius 3 is 2.79 bits per heavy atom. The molecule has 1 unspecified atom stereocenters. The topological polar surface area (TPSA) is 6.48 Å². The lowest BCUT2D eigenvalue weighted by Gasteiger charge is -2.35. The van der Waals surface area contributed by atoms with Crippen LogP contribution >= 0.6 is 0 Å². The SMILES string of the molecule is Fc1ccccc1CN1CCCN2CCCCC2C1. The van der Waals surface area contributed by atoms with Gasteiger partial charge in [-0.2, -0.15) is 0 Å². The minimum atomic E-state index is -0.0627. The lowest BCUT2D eigenvalue weighted by Crippen LogP contribution is -2.43. The van der Waals surface area contributed by atoms with E-state index < -0.39 is 0 Å². The fourth-order valence-electron chi connectivity index (χ4n) is 3.46. The van der Waals surface area contributed by atoms with E-state index >= 15 is 0 Å². The third-order valence-corrected chi connectivity index (χ3v) is 4.49. The number of hydrogen-bond acceptors (Lipinski definition) is 2. The molecule has 0 radical (unpaired) electrons. The summed E-state index contributed by atoms with van der Waals surface area (Å²) in [4.78, 5) is 5.08. The summed E-state index contributed by atoms with van der Waals surface area (Å²) in [6, 6.07) is 7.88. The van der Waals surface area contributed by atoms with Gasteiger partial charge in [0.05, 0.1) is 0 Å². The average Bonchev–Trinajstić information content (AvgIpc) is 2.63. The first-order chi connectivity index (χ1) is 9.33. The van der Waals surface area contributed by atoms with Crippen molar-refractivity contribution in [1.29, 1.82) is 0 Å². The molecule has 0 aliphatic carbocycles. The van der Waals surface area contributed by atoms with Gasteiger partial charge in [0.15, 0.2) is 0 Å². The quantitative estimate of drug-likeness (QED) is 0.808. The van der Waals surface area contributed by atoms with E-state index in [9.17, 15) is 4.39 Å². The van der Waals surface area contributed by atoms with Gasteiger partial charge in [0.1, 0.15) is 5.82 Å². The highest BCUT2D eigenvalue weighted by Gasteiger charge is 2.27. The molecular weight excluding hydrogens is 239 g/mol. The van der Waals surface area contributed by atoms with Gasteiger partial charge in [-0.1, -0.05) is 24.6 Å². The Balaban J connectivity index is 1.66. The highest BCUT2D eigenvalue weighted by atomic mass is 19.1. The van der Waals surface area contributed by atoms with E-state index in [4.69, 9.17) is 0 Å². The van der Waals surface area contributed by atoms with Crippen molar-refractivity contribution in [3.05, 3.63) is 35.6 Å². The number of benzene rings is 1. The molecule has 0 saturated carbocycles. The van der Waals surface area contributed by atoms with Crippen molar-refractivity contribution in [3.8, 4) is 0 Å². The molecule has 1 atom stereocenters. The molecular formula is C16H23FN2. The van der Waals surface area contributed by atoms with Gasteiger partial charge in [-0.05, 0) is 45.0 Å². The van der Waals surface area contributed by atoms with Crippen LogP contribution in [0, 0.1) is 5.82 Å². The standard InChI is InChI=1S/C16H23FN2/c17-16-8-2-1-6-14(16)12-18-9-5-11-19-10-4-3-7-15(19)13-18/h1-2,6,8,15H,3-5,7,9-13H2. The zero-order valence-corrected chi connectivity index (χ0v) is 11.5. The summed E-state index contributed by atoms with van der Waals surface area (Å²) < 4.78 is 13.7. The van der Waals surface area contributed by atoms with Crippen molar-refractivity contribution in [3.63, 3.8) is 0 Å². The van der Waals surface area contributed by atoms with Crippen LogP contribution in [-0.4, -0.2) is 42.0 Å². The van der Waals surface area contributed by atoms with Crippen molar-refractivity contribution >= 4 is 0 Å². The predicted octanol–water partition coefficient (Wildman–Crippen LogP) is 2.89. The monoisotopic (exact) mass is 262 g/mol. The van der Waals surface area contributed by atoms with E-state index in [1.807, 2.05) is 12.1 Å². The van der Waals surface area contributed by atoms with Gasteiger partial charge in [-0.25, -0.2) is 4.39 Å². The summed E-state index contributed by atoms with van der Waals surface area (Å²) in [6.45, 7) is 5.45. The van der Waals surface area contributed by atoms with Gasteiger partial charge in [-0.15, -0.1) is 0 Å². The molecule has 2 saturated heterocycles. The number of fused-ring (bicyclic) bond motifs is 1. The normalized spacial score (nSPS) is 25.8. The molecule has 2 aliphatic heterocycles. The molecule has 104 valence electrons. The third kappa shape index (κ3) is 3.15. The van der Waals surface area contributed by atoms with E-state index in [1.165, 1.54) is 38.8 Å². The first kappa shape index (κ1) is 13.1. The molecule has 19 heavy (non-hydrogen) atoms. The van der Waals surface area contributed by atoms with Crippen LogP contribution in [-0.2, 0) is 6.54 Å². The van der Waals surface area contributed by atoms with Crippen molar-refractivity contribution in [2.24, 2.45) is 0 Å². The van der Waals surface area contributed by atoms with Crippen LogP contribution < -0.4 is 0 Å². The minimum Gasteiger partial charge on any atom is -0.299 e. The van der Waals surface area contributed by atoms with E-state index in [0.29, 0.717) is 6.04 Å². The van der Waals surface area contributed by atoms with Crippen molar-refractivity contribution in [1.82, 2.24) is 9.80 Å². The van der Waals surface area contributed by atoms with Crippen molar-refractivity contribution < 1.29 is 4.39 Å². The van der Waals surface area contributed by atoms with Crippen molar-refractivity contribution in [2.45, 2.75) is 38.3 Å². The number of rotatable bonds is 2. The number of hydrogen-bond donors (Lipinski definition) is 0. The van der Waals surface area contributed by atoms with Crippen LogP contribution in [0.25, 0.3) is 0 Å². The van der Waals surface area contributed by atoms with Crippen LogP contribution in [0.5, 0.6) is 0 Å². The molecule has 0 bridgehead atoms. The molecule has 0 amide bonds. The molecule has 2 fully saturated rings. The second-order valence-electron chi connectivity index (χ2n) is 5.87.